The third kappa shape index (κ3) is 9.17. The fraction of sp³-hybridized carbons (Fsp3) is 0.500. The normalized spacial score (nSPS) is 12.7. The number of rotatable bonds is 11. The van der Waals surface area contributed by atoms with E-state index in [-0.39, 0.29) is 37.7 Å². The number of aryl methyl sites for hydroxylation is 2. The topological polar surface area (TPSA) is 86.8 Å². The van der Waals surface area contributed by atoms with Crippen LogP contribution in [-0.2, 0) is 26.2 Å². The number of anilines is 1. The van der Waals surface area contributed by atoms with Crippen LogP contribution < -0.4 is 9.62 Å². The summed E-state index contributed by atoms with van der Waals surface area (Å²) in [4.78, 5) is 28.3. The molecule has 7 nitrogen and oxygen atoms in total. The van der Waals surface area contributed by atoms with Crippen molar-refractivity contribution in [2.24, 2.45) is 0 Å². The molecule has 0 fully saturated rings. The Morgan fingerprint density at radius 2 is 1.58 bits per heavy atom. The minimum atomic E-state index is -3.57. The van der Waals surface area contributed by atoms with Gasteiger partial charge in [0.1, 0.15) is 6.04 Å². The van der Waals surface area contributed by atoms with Crippen molar-refractivity contribution < 1.29 is 18.0 Å². The van der Waals surface area contributed by atoms with Crippen molar-refractivity contribution >= 4 is 50.7 Å². The van der Waals surface area contributed by atoms with E-state index in [1.165, 1.54) is 9.21 Å². The highest BCUT2D eigenvalue weighted by molar-refractivity contribution is 7.92. The van der Waals surface area contributed by atoms with Crippen LogP contribution in [0.1, 0.15) is 63.6 Å². The SMILES string of the molecule is CC[C@@H](C(=O)NC(C)(C)C)N(Cc1c(Cl)cccc1Cl)C(=O)CCCN(c1cc(C)cc(C)c1)S(C)(=O)=O. The van der Waals surface area contributed by atoms with Crippen molar-refractivity contribution in [2.45, 2.75) is 78.9 Å². The molecule has 0 aromatic heterocycles. The van der Waals surface area contributed by atoms with E-state index in [1.54, 1.807) is 18.2 Å². The molecule has 0 aliphatic rings. The zero-order chi connectivity index (χ0) is 28.8. The van der Waals surface area contributed by atoms with Crippen molar-refractivity contribution in [1.82, 2.24) is 10.2 Å². The van der Waals surface area contributed by atoms with Crippen LogP contribution in [0, 0.1) is 13.8 Å². The minimum Gasteiger partial charge on any atom is -0.350 e. The first kappa shape index (κ1) is 31.9. The molecule has 0 unspecified atom stereocenters. The fourth-order valence-electron chi connectivity index (χ4n) is 4.32. The van der Waals surface area contributed by atoms with Crippen LogP contribution >= 0.6 is 23.2 Å². The Morgan fingerprint density at radius 3 is 2.05 bits per heavy atom. The quantitative estimate of drug-likeness (QED) is 0.358. The predicted molar refractivity (Wildman–Crippen MR) is 156 cm³/mol. The maximum absolute atomic E-state index is 13.6. The maximum atomic E-state index is 13.6. The molecule has 0 aliphatic heterocycles. The molecule has 2 rings (SSSR count). The summed E-state index contributed by atoms with van der Waals surface area (Å²) in [5.74, 6) is -0.560. The monoisotopic (exact) mass is 583 g/mol. The van der Waals surface area contributed by atoms with Gasteiger partial charge in [-0.2, -0.15) is 0 Å². The summed E-state index contributed by atoms with van der Waals surface area (Å²) in [5, 5.41) is 3.76. The third-order valence-electron chi connectivity index (χ3n) is 5.92. The van der Waals surface area contributed by atoms with E-state index >= 15 is 0 Å². The molecule has 0 aliphatic carbocycles. The molecule has 1 atom stereocenters. The zero-order valence-corrected chi connectivity index (χ0v) is 25.6. The minimum absolute atomic E-state index is 0.0399. The van der Waals surface area contributed by atoms with Crippen molar-refractivity contribution in [3.63, 3.8) is 0 Å². The Balaban J connectivity index is 2.32. The van der Waals surface area contributed by atoms with Crippen LogP contribution in [0.5, 0.6) is 0 Å². The number of sulfonamides is 1. The molecule has 0 saturated heterocycles. The summed E-state index contributed by atoms with van der Waals surface area (Å²) < 4.78 is 26.5. The summed E-state index contributed by atoms with van der Waals surface area (Å²) in [6, 6.07) is 9.94. The number of nitrogens with zero attached hydrogens (tertiary/aromatic N) is 2. The Hall–Kier alpha value is -2.29. The molecule has 0 heterocycles. The fourth-order valence-corrected chi connectivity index (χ4v) is 5.79. The van der Waals surface area contributed by atoms with Crippen molar-refractivity contribution in [1.29, 1.82) is 0 Å². The van der Waals surface area contributed by atoms with Crippen LogP contribution in [0.2, 0.25) is 10.0 Å². The largest absolute Gasteiger partial charge is 0.350 e. The Bertz CT molecular complexity index is 1220. The second-order valence-electron chi connectivity index (χ2n) is 10.7. The molecule has 38 heavy (non-hydrogen) atoms. The highest BCUT2D eigenvalue weighted by Crippen LogP contribution is 2.28. The van der Waals surface area contributed by atoms with E-state index in [9.17, 15) is 18.0 Å². The standard InChI is InChI=1S/C28H39Cl2N3O4S/c1-8-25(27(35)31-28(4,5)6)32(18-22-23(29)11-9-12-24(22)30)26(34)13-10-14-33(38(7,36)37)21-16-19(2)15-20(3)17-21/h9,11-12,15-17,25H,8,10,13-14,18H2,1-7H3,(H,31,35)/t25-/m0/s1. The smallest absolute Gasteiger partial charge is 0.243 e. The summed E-state index contributed by atoms with van der Waals surface area (Å²) in [6.45, 7) is 11.5. The number of hydrogen-bond acceptors (Lipinski definition) is 4. The number of amides is 2. The van der Waals surface area contributed by atoms with Crippen LogP contribution in [-0.4, -0.2) is 49.5 Å². The van der Waals surface area contributed by atoms with Crippen LogP contribution in [0.15, 0.2) is 36.4 Å². The lowest BCUT2D eigenvalue weighted by Gasteiger charge is -2.33. The highest BCUT2D eigenvalue weighted by Gasteiger charge is 2.31. The van der Waals surface area contributed by atoms with Gasteiger partial charge in [0.2, 0.25) is 21.8 Å². The lowest BCUT2D eigenvalue weighted by molar-refractivity contribution is -0.142. The van der Waals surface area contributed by atoms with Gasteiger partial charge in [-0.25, -0.2) is 8.42 Å². The maximum Gasteiger partial charge on any atom is 0.243 e. The van der Waals surface area contributed by atoms with Crippen LogP contribution in [0.3, 0.4) is 0 Å². The van der Waals surface area contributed by atoms with Crippen molar-refractivity contribution in [3.05, 3.63) is 63.1 Å². The van der Waals surface area contributed by atoms with E-state index in [4.69, 9.17) is 23.2 Å². The van der Waals surface area contributed by atoms with Crippen LogP contribution in [0.25, 0.3) is 0 Å². The molecular formula is C28H39Cl2N3O4S. The Kier molecular flexibility index (Phi) is 11.1. The van der Waals surface area contributed by atoms with E-state index in [0.29, 0.717) is 27.7 Å². The number of benzene rings is 2. The molecule has 2 aromatic rings. The second kappa shape index (κ2) is 13.2. The molecule has 0 radical (unpaired) electrons. The lowest BCUT2D eigenvalue weighted by atomic mass is 10.0. The molecule has 1 N–H and O–H groups in total. The molecule has 0 bridgehead atoms. The average molecular weight is 585 g/mol. The van der Waals surface area contributed by atoms with Gasteiger partial charge in [-0.15, -0.1) is 0 Å². The van der Waals surface area contributed by atoms with E-state index < -0.39 is 21.6 Å². The third-order valence-corrected chi connectivity index (χ3v) is 7.82. The van der Waals surface area contributed by atoms with Crippen molar-refractivity contribution in [3.8, 4) is 0 Å². The first-order valence-corrected chi connectivity index (χ1v) is 15.2. The molecule has 210 valence electrons. The number of nitrogens with one attached hydrogen (secondary N) is 1. The lowest BCUT2D eigenvalue weighted by Crippen LogP contribution is -2.53. The highest BCUT2D eigenvalue weighted by atomic mass is 35.5. The first-order chi connectivity index (χ1) is 17.5. The molecular weight excluding hydrogens is 545 g/mol. The Morgan fingerprint density at radius 1 is 1.03 bits per heavy atom. The van der Waals surface area contributed by atoms with Gasteiger partial charge < -0.3 is 10.2 Å². The first-order valence-electron chi connectivity index (χ1n) is 12.6. The predicted octanol–water partition coefficient (Wildman–Crippen LogP) is 5.88. The van der Waals surface area contributed by atoms with Crippen LogP contribution in [0.4, 0.5) is 5.69 Å². The van der Waals surface area contributed by atoms with E-state index in [0.717, 1.165) is 17.4 Å². The average Bonchev–Trinajstić information content (AvgIpc) is 2.75. The van der Waals surface area contributed by atoms with Gasteiger partial charge in [0, 0.05) is 40.7 Å². The molecule has 10 heteroatoms. The number of carbonyl (C=O) groups is 2. The molecule has 0 saturated carbocycles. The van der Waals surface area contributed by atoms with Gasteiger partial charge in [-0.3, -0.25) is 13.9 Å². The molecule has 0 spiro atoms. The number of hydrogen-bond donors (Lipinski definition) is 1. The zero-order valence-electron chi connectivity index (χ0n) is 23.3. The van der Waals surface area contributed by atoms with Gasteiger partial charge in [0.15, 0.2) is 0 Å². The summed E-state index contributed by atoms with van der Waals surface area (Å²) >= 11 is 12.8. The van der Waals surface area contributed by atoms with E-state index in [1.807, 2.05) is 59.7 Å². The Labute approximate surface area is 237 Å². The van der Waals surface area contributed by atoms with E-state index in [2.05, 4.69) is 5.32 Å². The number of carbonyl (C=O) groups excluding carboxylic acids is 2. The summed E-state index contributed by atoms with van der Waals surface area (Å²) in [5.41, 5.74) is 2.53. The van der Waals surface area contributed by atoms with Gasteiger partial charge in [0.25, 0.3) is 0 Å². The van der Waals surface area contributed by atoms with Crippen molar-refractivity contribution in [2.75, 3.05) is 17.1 Å². The molecule has 2 aromatic carbocycles. The number of halogens is 2. The van der Waals surface area contributed by atoms with Gasteiger partial charge >= 0.3 is 0 Å². The molecule has 2 amide bonds. The van der Waals surface area contributed by atoms with Gasteiger partial charge in [0.05, 0.1) is 11.9 Å². The van der Waals surface area contributed by atoms with Gasteiger partial charge in [-0.05, 0) is 82.9 Å². The van der Waals surface area contributed by atoms with Gasteiger partial charge in [-0.1, -0.05) is 42.3 Å². The second-order valence-corrected chi connectivity index (χ2v) is 13.4. The summed E-state index contributed by atoms with van der Waals surface area (Å²) in [7, 11) is -3.57. The summed E-state index contributed by atoms with van der Waals surface area (Å²) in [6.07, 6.45) is 1.84.